The number of hydrogen-bond acceptors (Lipinski definition) is 5. The molecule has 1 aliphatic carbocycles. The average Bonchev–Trinajstić information content (AvgIpc) is 3.49. The van der Waals surface area contributed by atoms with Crippen LogP contribution in [0.4, 0.5) is 0 Å². The lowest BCUT2D eigenvalue weighted by atomic mass is 9.83. The fourth-order valence-corrected chi connectivity index (χ4v) is 6.17. The van der Waals surface area contributed by atoms with Gasteiger partial charge in [-0.1, -0.05) is 73.9 Å². The fraction of sp³-hybridized carbons (Fsp3) is 0.241. The third kappa shape index (κ3) is 4.36. The maximum atomic E-state index is 13.5. The highest BCUT2D eigenvalue weighted by atomic mass is 32.1. The molecule has 36 heavy (non-hydrogen) atoms. The fourth-order valence-electron chi connectivity index (χ4n) is 5.16. The van der Waals surface area contributed by atoms with E-state index in [1.54, 1.807) is 30.5 Å². The Morgan fingerprint density at radius 3 is 2.47 bits per heavy atom. The Morgan fingerprint density at radius 2 is 1.78 bits per heavy atom. The molecule has 0 unspecified atom stereocenters. The summed E-state index contributed by atoms with van der Waals surface area (Å²) in [6.45, 7) is -0.103. The number of aromatic carboxylic acids is 1. The molecule has 0 bridgehead atoms. The van der Waals surface area contributed by atoms with Gasteiger partial charge in [0.25, 0.3) is 0 Å². The zero-order chi connectivity index (χ0) is 25.2. The highest BCUT2D eigenvalue weighted by Crippen LogP contribution is 2.44. The molecule has 4 aromatic rings. The minimum Gasteiger partial charge on any atom is -0.506 e. The highest BCUT2D eigenvalue weighted by Gasteiger charge is 2.29. The van der Waals surface area contributed by atoms with E-state index in [4.69, 9.17) is 5.11 Å². The molecular weight excluding hydrogens is 474 g/mol. The van der Waals surface area contributed by atoms with Crippen LogP contribution in [0.3, 0.4) is 0 Å². The summed E-state index contributed by atoms with van der Waals surface area (Å²) in [6.07, 6.45) is 11.0. The van der Waals surface area contributed by atoms with Crippen molar-refractivity contribution in [2.75, 3.05) is 6.61 Å². The van der Waals surface area contributed by atoms with E-state index < -0.39 is 11.8 Å². The third-order valence-corrected chi connectivity index (χ3v) is 8.12. The lowest BCUT2D eigenvalue weighted by molar-refractivity contribution is 0.0702. The minimum absolute atomic E-state index is 0.00374. The van der Waals surface area contributed by atoms with Crippen molar-refractivity contribution in [3.63, 3.8) is 0 Å². The van der Waals surface area contributed by atoms with Crippen molar-refractivity contribution in [1.29, 1.82) is 0 Å². The van der Waals surface area contributed by atoms with E-state index in [2.05, 4.69) is 4.98 Å². The maximum absolute atomic E-state index is 13.5. The molecular formula is C29H27NO5S. The first-order valence-electron chi connectivity index (χ1n) is 12.1. The number of carbonyl (C=O) groups excluding carboxylic acids is 1. The molecule has 0 radical (unpaired) electrons. The number of aromatic nitrogens is 1. The van der Waals surface area contributed by atoms with Crippen LogP contribution in [0.15, 0.2) is 54.7 Å². The van der Waals surface area contributed by atoms with Gasteiger partial charge in [0.1, 0.15) is 15.5 Å². The van der Waals surface area contributed by atoms with Gasteiger partial charge in [-0.2, -0.15) is 0 Å². The number of aliphatic hydroxyl groups excluding tert-OH is 1. The van der Waals surface area contributed by atoms with Crippen molar-refractivity contribution in [2.24, 2.45) is 0 Å². The Bertz CT molecular complexity index is 1460. The monoisotopic (exact) mass is 501 g/mol. The molecule has 6 nitrogen and oxygen atoms in total. The molecule has 4 N–H and O–H groups in total. The summed E-state index contributed by atoms with van der Waals surface area (Å²) in [6, 6.07) is 13.2. The van der Waals surface area contributed by atoms with E-state index >= 15 is 0 Å². The summed E-state index contributed by atoms with van der Waals surface area (Å²) in [7, 11) is 0. The molecule has 184 valence electrons. The number of H-pyrrole nitrogens is 1. The van der Waals surface area contributed by atoms with Gasteiger partial charge < -0.3 is 20.3 Å². The largest absolute Gasteiger partial charge is 0.506 e. The van der Waals surface area contributed by atoms with Crippen LogP contribution in [0.1, 0.15) is 74.1 Å². The van der Waals surface area contributed by atoms with Gasteiger partial charge in [-0.25, -0.2) is 4.79 Å². The third-order valence-electron chi connectivity index (χ3n) is 6.95. The number of aliphatic hydroxyl groups is 1. The predicted octanol–water partition coefficient (Wildman–Crippen LogP) is 6.58. The molecule has 7 heteroatoms. The van der Waals surface area contributed by atoms with Gasteiger partial charge in [-0.05, 0) is 35.4 Å². The molecule has 1 aliphatic rings. The number of hydrogen-bond donors (Lipinski definition) is 4. The number of para-hydroxylation sites is 1. The Morgan fingerprint density at radius 1 is 1.03 bits per heavy atom. The normalized spacial score (nSPS) is 14.6. The van der Waals surface area contributed by atoms with E-state index in [0.717, 1.165) is 35.3 Å². The average molecular weight is 502 g/mol. The molecule has 0 aliphatic heterocycles. The quantitative estimate of drug-likeness (QED) is 0.214. The molecule has 1 fully saturated rings. The van der Waals surface area contributed by atoms with Crippen LogP contribution in [0.5, 0.6) is 5.75 Å². The SMILES string of the molecule is O=C(O)c1sc(C(=O)c2c[nH]c3c(/C=C/CO)cccc23)c(O)c1-c1ccc(C2CCCCC2)cc1. The van der Waals surface area contributed by atoms with Crippen molar-refractivity contribution >= 4 is 40.1 Å². The molecule has 0 atom stereocenters. The zero-order valence-corrected chi connectivity index (χ0v) is 20.5. The van der Waals surface area contributed by atoms with E-state index in [0.29, 0.717) is 22.4 Å². The van der Waals surface area contributed by atoms with Crippen molar-refractivity contribution in [1.82, 2.24) is 4.98 Å². The Hall–Kier alpha value is -3.68. The molecule has 1 saturated carbocycles. The summed E-state index contributed by atoms with van der Waals surface area (Å²) in [4.78, 5) is 28.7. The van der Waals surface area contributed by atoms with Crippen LogP contribution in [0.25, 0.3) is 28.1 Å². The standard InChI is InChI=1S/C29H27NO5S/c31-15-5-9-20-8-4-10-21-22(16-30-24(20)21)25(32)28-26(33)23(27(36-28)29(34)35)19-13-11-18(12-14-19)17-6-2-1-3-7-17/h4-5,8-14,16-17,30-31,33H,1-3,6-7,15H2,(H,34,35)/b9-5+. The number of carbonyl (C=O) groups is 2. The molecule has 0 spiro atoms. The Kier molecular flexibility index (Phi) is 6.76. The molecule has 2 aromatic heterocycles. The number of ketones is 1. The molecule has 0 saturated heterocycles. The second-order valence-electron chi connectivity index (χ2n) is 9.13. The number of rotatable bonds is 7. The van der Waals surface area contributed by atoms with Crippen molar-refractivity contribution in [3.05, 3.63) is 81.2 Å². The smallest absolute Gasteiger partial charge is 0.346 e. The predicted molar refractivity (Wildman–Crippen MR) is 142 cm³/mol. The first-order chi connectivity index (χ1) is 17.5. The summed E-state index contributed by atoms with van der Waals surface area (Å²) in [5, 5.41) is 30.8. The van der Waals surface area contributed by atoms with Crippen LogP contribution < -0.4 is 0 Å². The Labute approximate surface area is 212 Å². The van der Waals surface area contributed by atoms with E-state index in [1.165, 1.54) is 24.8 Å². The van der Waals surface area contributed by atoms with Crippen LogP contribution in [0, 0.1) is 0 Å². The van der Waals surface area contributed by atoms with Gasteiger partial charge in [0.15, 0.2) is 0 Å². The summed E-state index contributed by atoms with van der Waals surface area (Å²) in [5.41, 5.74) is 3.86. The van der Waals surface area contributed by atoms with Gasteiger partial charge in [0, 0.05) is 22.7 Å². The minimum atomic E-state index is -1.18. The van der Waals surface area contributed by atoms with Crippen molar-refractivity contribution < 1.29 is 24.9 Å². The number of fused-ring (bicyclic) bond motifs is 1. The van der Waals surface area contributed by atoms with Gasteiger partial charge in [-0.3, -0.25) is 4.79 Å². The van der Waals surface area contributed by atoms with Gasteiger partial charge in [0.05, 0.1) is 12.1 Å². The van der Waals surface area contributed by atoms with Gasteiger partial charge in [0.2, 0.25) is 5.78 Å². The number of benzene rings is 2. The van der Waals surface area contributed by atoms with Crippen molar-refractivity contribution in [2.45, 2.75) is 38.0 Å². The number of aromatic hydroxyl groups is 1. The van der Waals surface area contributed by atoms with Crippen LogP contribution in [-0.2, 0) is 0 Å². The lowest BCUT2D eigenvalue weighted by Crippen LogP contribution is -2.04. The lowest BCUT2D eigenvalue weighted by Gasteiger charge is -2.22. The van der Waals surface area contributed by atoms with E-state index in [1.807, 2.05) is 30.3 Å². The number of carboxylic acids is 1. The highest BCUT2D eigenvalue weighted by molar-refractivity contribution is 7.17. The molecule has 2 heterocycles. The van der Waals surface area contributed by atoms with E-state index in [9.17, 15) is 19.8 Å². The number of thiophene rings is 1. The maximum Gasteiger partial charge on any atom is 0.346 e. The molecule has 0 amide bonds. The van der Waals surface area contributed by atoms with Gasteiger partial charge in [-0.15, -0.1) is 11.3 Å². The van der Waals surface area contributed by atoms with Gasteiger partial charge >= 0.3 is 5.97 Å². The molecule has 2 aromatic carbocycles. The summed E-state index contributed by atoms with van der Waals surface area (Å²) >= 11 is 0.794. The second kappa shape index (κ2) is 10.1. The number of carboxylic acid groups (broad SMARTS) is 1. The van der Waals surface area contributed by atoms with Crippen LogP contribution in [0.2, 0.25) is 0 Å². The Balaban J connectivity index is 1.53. The topological polar surface area (TPSA) is 111 Å². The first kappa shape index (κ1) is 24.0. The first-order valence-corrected chi connectivity index (χ1v) is 12.9. The van der Waals surface area contributed by atoms with Crippen LogP contribution >= 0.6 is 11.3 Å². The summed E-state index contributed by atoms with van der Waals surface area (Å²) in [5.74, 6) is -1.42. The molecule has 5 rings (SSSR count). The van der Waals surface area contributed by atoms with E-state index in [-0.39, 0.29) is 27.7 Å². The number of aromatic amines is 1. The van der Waals surface area contributed by atoms with Crippen molar-refractivity contribution in [3.8, 4) is 16.9 Å². The summed E-state index contributed by atoms with van der Waals surface area (Å²) < 4.78 is 0. The number of nitrogens with one attached hydrogen (secondary N) is 1. The second-order valence-corrected chi connectivity index (χ2v) is 10.2. The van der Waals surface area contributed by atoms with Crippen LogP contribution in [-0.4, -0.2) is 38.7 Å². The zero-order valence-electron chi connectivity index (χ0n) is 19.7.